The summed E-state index contributed by atoms with van der Waals surface area (Å²) >= 11 is 1.33. The van der Waals surface area contributed by atoms with E-state index in [1.54, 1.807) is 18.7 Å². The van der Waals surface area contributed by atoms with E-state index in [0.29, 0.717) is 37.9 Å². The van der Waals surface area contributed by atoms with Crippen LogP contribution in [0.4, 0.5) is 9.93 Å². The van der Waals surface area contributed by atoms with Gasteiger partial charge in [-0.15, -0.1) is 0 Å². The van der Waals surface area contributed by atoms with E-state index >= 15 is 0 Å². The van der Waals surface area contributed by atoms with E-state index in [1.807, 2.05) is 0 Å². The molecule has 2 rings (SSSR count). The van der Waals surface area contributed by atoms with E-state index in [0.717, 1.165) is 10.6 Å². The number of carbonyl (C=O) groups is 3. The fourth-order valence-electron chi connectivity index (χ4n) is 2.32. The first-order chi connectivity index (χ1) is 11.5. The number of esters is 1. The van der Waals surface area contributed by atoms with Crippen molar-refractivity contribution in [1.29, 1.82) is 0 Å². The summed E-state index contributed by atoms with van der Waals surface area (Å²) in [6.07, 6.45) is 0.322. The maximum Gasteiger partial charge on any atom is 0.413 e. The molecule has 1 aliphatic rings. The molecule has 2 heterocycles. The predicted octanol–water partition coefficient (Wildman–Crippen LogP) is 1.94. The van der Waals surface area contributed by atoms with Crippen molar-refractivity contribution in [2.75, 3.05) is 25.1 Å². The number of rotatable bonds is 6. The van der Waals surface area contributed by atoms with Crippen molar-refractivity contribution in [3.8, 4) is 0 Å². The van der Waals surface area contributed by atoms with Crippen LogP contribution in [-0.4, -0.2) is 47.6 Å². The minimum Gasteiger partial charge on any atom is -0.466 e. The van der Waals surface area contributed by atoms with Gasteiger partial charge < -0.3 is 14.4 Å². The predicted molar refractivity (Wildman–Crippen MR) is 87.7 cm³/mol. The highest BCUT2D eigenvalue weighted by Crippen LogP contribution is 2.28. The number of nitrogens with zero attached hydrogens (tertiary/aromatic N) is 2. The summed E-state index contributed by atoms with van der Waals surface area (Å²) in [5, 5.41) is 3.05. The van der Waals surface area contributed by atoms with Gasteiger partial charge in [0, 0.05) is 24.3 Å². The zero-order valence-corrected chi connectivity index (χ0v) is 14.6. The zero-order chi connectivity index (χ0) is 17.5. The number of nitrogens with one attached hydrogen (secondary N) is 1. The summed E-state index contributed by atoms with van der Waals surface area (Å²) in [6, 6.07) is 0. The Morgan fingerprint density at radius 1 is 1.21 bits per heavy atom. The molecule has 0 saturated heterocycles. The molecule has 0 radical (unpaired) electrons. The Labute approximate surface area is 144 Å². The van der Waals surface area contributed by atoms with Gasteiger partial charge in [-0.1, -0.05) is 11.3 Å². The van der Waals surface area contributed by atoms with Crippen molar-refractivity contribution in [3.63, 3.8) is 0 Å². The molecule has 0 aliphatic carbocycles. The van der Waals surface area contributed by atoms with Gasteiger partial charge in [-0.05, 0) is 13.8 Å². The molecule has 8 nitrogen and oxygen atoms in total. The van der Waals surface area contributed by atoms with Crippen LogP contribution >= 0.6 is 11.3 Å². The summed E-state index contributed by atoms with van der Waals surface area (Å²) in [5.74, 6) is -0.440. The summed E-state index contributed by atoms with van der Waals surface area (Å²) in [4.78, 5) is 42.0. The summed E-state index contributed by atoms with van der Waals surface area (Å²) in [6.45, 7) is 5.07. The molecule has 132 valence electrons. The van der Waals surface area contributed by atoms with Crippen LogP contribution in [0.3, 0.4) is 0 Å². The number of fused-ring (bicyclic) bond motifs is 1. The fourth-order valence-corrected chi connectivity index (χ4v) is 3.33. The highest BCUT2D eigenvalue weighted by Gasteiger charge is 2.25. The Morgan fingerprint density at radius 2 is 1.96 bits per heavy atom. The molecule has 0 atom stereocenters. The quantitative estimate of drug-likeness (QED) is 0.783. The lowest BCUT2D eigenvalue weighted by atomic mass is 10.1. The summed E-state index contributed by atoms with van der Waals surface area (Å²) in [5.41, 5.74) is 0.890. The monoisotopic (exact) mass is 355 g/mol. The molecule has 0 saturated carbocycles. The molecule has 0 fully saturated rings. The highest BCUT2D eigenvalue weighted by molar-refractivity contribution is 7.15. The lowest BCUT2D eigenvalue weighted by molar-refractivity contribution is -0.145. The number of anilines is 1. The van der Waals surface area contributed by atoms with Crippen molar-refractivity contribution in [2.24, 2.45) is 0 Å². The number of hydrogen-bond donors (Lipinski definition) is 1. The SMILES string of the molecule is CCOC(=O)CCC(=O)N1CCc2nc(NC(=O)OCC)sc2C1. The third kappa shape index (κ3) is 4.92. The lowest BCUT2D eigenvalue weighted by Gasteiger charge is -2.26. The van der Waals surface area contributed by atoms with Gasteiger partial charge in [0.05, 0.1) is 31.9 Å². The Morgan fingerprint density at radius 3 is 2.67 bits per heavy atom. The Bertz CT molecular complexity index is 616. The van der Waals surface area contributed by atoms with Crippen molar-refractivity contribution in [1.82, 2.24) is 9.88 Å². The molecule has 1 aromatic heterocycles. The van der Waals surface area contributed by atoms with Crippen molar-refractivity contribution in [2.45, 2.75) is 39.7 Å². The maximum atomic E-state index is 12.2. The van der Waals surface area contributed by atoms with Crippen molar-refractivity contribution in [3.05, 3.63) is 10.6 Å². The molecule has 9 heteroatoms. The Kier molecular flexibility index (Phi) is 6.53. The fraction of sp³-hybridized carbons (Fsp3) is 0.600. The van der Waals surface area contributed by atoms with Gasteiger partial charge in [-0.2, -0.15) is 0 Å². The van der Waals surface area contributed by atoms with Gasteiger partial charge in [0.2, 0.25) is 5.91 Å². The van der Waals surface area contributed by atoms with Crippen LogP contribution in [0.25, 0.3) is 0 Å². The molecule has 0 bridgehead atoms. The van der Waals surface area contributed by atoms with Crippen LogP contribution in [0.15, 0.2) is 0 Å². The summed E-state index contributed by atoms with van der Waals surface area (Å²) < 4.78 is 9.65. The lowest BCUT2D eigenvalue weighted by Crippen LogP contribution is -2.35. The molecule has 1 N–H and O–H groups in total. The molecule has 1 aliphatic heterocycles. The number of aromatic nitrogens is 1. The first kappa shape index (κ1) is 18.2. The third-order valence-corrected chi connectivity index (χ3v) is 4.41. The Balaban J connectivity index is 1.89. The molecule has 2 amide bonds. The van der Waals surface area contributed by atoms with Crippen molar-refractivity contribution >= 4 is 34.4 Å². The number of ether oxygens (including phenoxy) is 2. The molecule has 0 aromatic carbocycles. The zero-order valence-electron chi connectivity index (χ0n) is 13.8. The van der Waals surface area contributed by atoms with Crippen molar-refractivity contribution < 1.29 is 23.9 Å². The number of carbonyl (C=O) groups excluding carboxylic acids is 3. The molecule has 24 heavy (non-hydrogen) atoms. The second-order valence-corrected chi connectivity index (χ2v) is 6.19. The summed E-state index contributed by atoms with van der Waals surface area (Å²) in [7, 11) is 0. The smallest absolute Gasteiger partial charge is 0.413 e. The maximum absolute atomic E-state index is 12.2. The first-order valence-corrected chi connectivity index (χ1v) is 8.70. The normalized spacial score (nSPS) is 13.2. The molecule has 0 unspecified atom stereocenters. The van der Waals surface area contributed by atoms with Crippen LogP contribution in [0, 0.1) is 0 Å². The molecule has 0 spiro atoms. The van der Waals surface area contributed by atoms with Crippen LogP contribution < -0.4 is 5.32 Å². The van der Waals surface area contributed by atoms with Crippen LogP contribution in [0.1, 0.15) is 37.3 Å². The minimum absolute atomic E-state index is 0.0815. The largest absolute Gasteiger partial charge is 0.466 e. The van der Waals surface area contributed by atoms with E-state index < -0.39 is 6.09 Å². The second-order valence-electron chi connectivity index (χ2n) is 5.10. The van der Waals surface area contributed by atoms with E-state index in [4.69, 9.17) is 9.47 Å². The standard InChI is InChI=1S/C15H21N3O5S/c1-3-22-13(20)6-5-12(19)18-8-7-10-11(9-18)24-14(16-10)17-15(21)23-4-2/h3-9H2,1-2H3,(H,16,17,21). The van der Waals surface area contributed by atoms with Crippen LogP contribution in [0.2, 0.25) is 0 Å². The molecule has 1 aromatic rings. The molecular weight excluding hydrogens is 334 g/mol. The first-order valence-electron chi connectivity index (χ1n) is 7.89. The minimum atomic E-state index is -0.536. The van der Waals surface area contributed by atoms with Gasteiger partial charge in [0.1, 0.15) is 0 Å². The average molecular weight is 355 g/mol. The second kappa shape index (κ2) is 8.62. The van der Waals surface area contributed by atoms with E-state index in [1.165, 1.54) is 11.3 Å². The topological polar surface area (TPSA) is 97.8 Å². The van der Waals surface area contributed by atoms with Crippen LogP contribution in [-0.2, 0) is 32.0 Å². The van der Waals surface area contributed by atoms with Gasteiger partial charge in [-0.3, -0.25) is 14.9 Å². The van der Waals surface area contributed by atoms with Gasteiger partial charge in [-0.25, -0.2) is 9.78 Å². The van der Waals surface area contributed by atoms with E-state index in [2.05, 4.69) is 10.3 Å². The average Bonchev–Trinajstić information content (AvgIpc) is 2.94. The number of hydrogen-bond acceptors (Lipinski definition) is 7. The number of thiazole rings is 1. The van der Waals surface area contributed by atoms with Crippen LogP contribution in [0.5, 0.6) is 0 Å². The Hall–Kier alpha value is -2.16. The van der Waals surface area contributed by atoms with Gasteiger partial charge in [0.25, 0.3) is 0 Å². The molecular formula is C15H21N3O5S. The van der Waals surface area contributed by atoms with Gasteiger partial charge in [0.15, 0.2) is 5.13 Å². The third-order valence-electron chi connectivity index (χ3n) is 3.42. The van der Waals surface area contributed by atoms with E-state index in [-0.39, 0.29) is 24.7 Å². The van der Waals surface area contributed by atoms with Gasteiger partial charge >= 0.3 is 12.1 Å². The number of amides is 2. The van der Waals surface area contributed by atoms with E-state index in [9.17, 15) is 14.4 Å². The highest BCUT2D eigenvalue weighted by atomic mass is 32.1.